The number of hydrogen-bond acceptors (Lipinski definition) is 5. The van der Waals surface area contributed by atoms with Crippen LogP contribution in [-0.2, 0) is 7.05 Å². The van der Waals surface area contributed by atoms with E-state index in [4.69, 9.17) is 23.5 Å². The molecule has 3 aromatic rings. The van der Waals surface area contributed by atoms with Gasteiger partial charge < -0.3 is 36.2 Å². The smallest absolute Gasteiger partial charge is 0.493 e. The van der Waals surface area contributed by atoms with Gasteiger partial charge in [-0.1, -0.05) is 6.07 Å². The Morgan fingerprint density at radius 3 is 1.58 bits per heavy atom. The van der Waals surface area contributed by atoms with E-state index < -0.39 is 7.25 Å². The van der Waals surface area contributed by atoms with E-state index >= 15 is 0 Å². The monoisotopic (exact) mass is 443 g/mol. The Bertz CT molecular complexity index is 944. The maximum atomic E-state index is 9.75. The lowest BCUT2D eigenvalue weighted by atomic mass is 10.0. The molecule has 0 saturated carbocycles. The molecule has 0 aliphatic rings. The Balaban J connectivity index is 0.000000614. The van der Waals surface area contributed by atoms with Gasteiger partial charge >= 0.3 is 7.25 Å². The number of methoxy groups -OCH3 is 4. The highest BCUT2D eigenvalue weighted by Crippen LogP contribution is 2.39. The lowest BCUT2D eigenvalue weighted by molar-refractivity contribution is -0.843. The third-order valence-corrected chi connectivity index (χ3v) is 4.13. The Kier molecular flexibility index (Phi) is 7.79. The first kappa shape index (κ1) is 23.9. The molecule has 168 valence electrons. The molecule has 0 aliphatic carbocycles. The number of halogens is 4. The zero-order chi connectivity index (χ0) is 23.2. The van der Waals surface area contributed by atoms with E-state index in [1.54, 1.807) is 33.2 Å². The van der Waals surface area contributed by atoms with Crippen LogP contribution < -0.4 is 23.7 Å². The Morgan fingerprint density at radius 1 is 0.710 bits per heavy atom. The second-order valence-electron chi connectivity index (χ2n) is 6.14. The second-order valence-corrected chi connectivity index (χ2v) is 6.14. The van der Waals surface area contributed by atoms with Crippen molar-refractivity contribution < 1.29 is 45.5 Å². The first-order valence-corrected chi connectivity index (χ1v) is 8.93. The summed E-state index contributed by atoms with van der Waals surface area (Å²) in [6, 6.07) is 11.4. The van der Waals surface area contributed by atoms with Crippen LogP contribution in [0.4, 0.5) is 17.3 Å². The van der Waals surface area contributed by atoms with Gasteiger partial charge in [0, 0.05) is 5.56 Å². The van der Waals surface area contributed by atoms with Crippen molar-refractivity contribution in [2.75, 3.05) is 28.4 Å². The van der Waals surface area contributed by atoms with Crippen LogP contribution in [0.3, 0.4) is 0 Å². The molecule has 2 aromatic carbocycles. The number of hydrogen-bond donors (Lipinski definition) is 0. The summed E-state index contributed by atoms with van der Waals surface area (Å²) >= 11 is 0. The van der Waals surface area contributed by atoms with E-state index in [0.717, 1.165) is 22.5 Å². The van der Waals surface area contributed by atoms with Gasteiger partial charge in [-0.15, -0.1) is 0 Å². The summed E-state index contributed by atoms with van der Waals surface area (Å²) in [5, 5.41) is 0. The number of ether oxygens (including phenoxy) is 4. The Labute approximate surface area is 177 Å². The number of aryl methyl sites for hydroxylation is 1. The van der Waals surface area contributed by atoms with Crippen LogP contribution in [0, 0.1) is 0 Å². The minimum absolute atomic E-state index is 0.641. The summed E-state index contributed by atoms with van der Waals surface area (Å²) in [5.74, 6) is 3.37. The molecule has 3 rings (SSSR count). The minimum atomic E-state index is -6.00. The quantitative estimate of drug-likeness (QED) is 0.312. The summed E-state index contributed by atoms with van der Waals surface area (Å²) in [6.07, 6.45) is 1.92. The van der Waals surface area contributed by atoms with Crippen LogP contribution >= 0.6 is 0 Å². The van der Waals surface area contributed by atoms with E-state index in [-0.39, 0.29) is 0 Å². The molecule has 0 bridgehead atoms. The highest BCUT2D eigenvalue weighted by molar-refractivity contribution is 6.50. The third kappa shape index (κ3) is 6.30. The first-order valence-electron chi connectivity index (χ1n) is 8.93. The summed E-state index contributed by atoms with van der Waals surface area (Å²) < 4.78 is 68.0. The highest BCUT2D eigenvalue weighted by atomic mass is 19.5. The molecule has 0 unspecified atom stereocenters. The molecule has 0 aliphatic heterocycles. The minimum Gasteiger partial charge on any atom is -0.493 e. The average molecular weight is 443 g/mol. The lowest BCUT2D eigenvalue weighted by Crippen LogP contribution is -2.22. The number of nitrogens with zero attached hydrogens (tertiary/aromatic N) is 1. The molecular weight excluding hydrogens is 421 g/mol. The molecule has 31 heavy (non-hydrogen) atoms. The fraction of sp³-hybridized carbons (Fsp3) is 0.250. The Morgan fingerprint density at radius 2 is 1.13 bits per heavy atom. The van der Waals surface area contributed by atoms with Crippen molar-refractivity contribution in [3.05, 3.63) is 42.6 Å². The van der Waals surface area contributed by atoms with Gasteiger partial charge in [0.25, 0.3) is 0 Å². The third-order valence-electron chi connectivity index (χ3n) is 4.13. The van der Waals surface area contributed by atoms with Gasteiger partial charge in [-0.25, -0.2) is 4.52 Å². The molecule has 0 saturated heterocycles. The normalized spacial score (nSPS) is 10.7. The molecule has 1 aromatic heterocycles. The van der Waals surface area contributed by atoms with Crippen LogP contribution in [0.25, 0.3) is 22.5 Å². The van der Waals surface area contributed by atoms with Crippen LogP contribution in [-0.4, -0.2) is 35.7 Å². The summed E-state index contributed by atoms with van der Waals surface area (Å²) in [4.78, 5) is 0. The molecular formula is C20H22BF4NO5. The van der Waals surface area contributed by atoms with Crippen molar-refractivity contribution >= 4 is 7.25 Å². The fourth-order valence-electron chi connectivity index (χ4n) is 2.86. The maximum absolute atomic E-state index is 9.75. The summed E-state index contributed by atoms with van der Waals surface area (Å²) in [7, 11) is 2.30. The van der Waals surface area contributed by atoms with Gasteiger partial charge in [-0.2, -0.15) is 0 Å². The van der Waals surface area contributed by atoms with Crippen LogP contribution in [0.1, 0.15) is 0 Å². The van der Waals surface area contributed by atoms with E-state index in [9.17, 15) is 17.3 Å². The SMILES string of the molecule is COc1ccc(-c2c[n+](C)oc2-c2ccc(OC)c(OC)c2)cc1OC.F[B-](F)(F)F. The predicted molar refractivity (Wildman–Crippen MR) is 107 cm³/mol. The highest BCUT2D eigenvalue weighted by Gasteiger charge is 2.22. The molecule has 11 heteroatoms. The number of rotatable bonds is 6. The first-order chi connectivity index (χ1) is 14.6. The standard InChI is InChI=1S/C20H22NO5.BF4/c1-21-12-15(13-6-8-16(22-2)18(10-13)24-4)20(26-21)14-7-9-17(23-3)19(11-14)25-5;2-1(3,4)5/h6-12H,1-5H3;/q+1;-1. The van der Waals surface area contributed by atoms with E-state index in [1.807, 2.05) is 49.6 Å². The van der Waals surface area contributed by atoms with Crippen molar-refractivity contribution in [2.45, 2.75) is 0 Å². The van der Waals surface area contributed by atoms with E-state index in [2.05, 4.69) is 0 Å². The molecule has 0 radical (unpaired) electrons. The molecule has 6 nitrogen and oxygen atoms in total. The number of benzene rings is 2. The zero-order valence-electron chi connectivity index (χ0n) is 17.6. The van der Waals surface area contributed by atoms with Gasteiger partial charge in [0.1, 0.15) is 5.56 Å². The second kappa shape index (κ2) is 10.1. The fourth-order valence-corrected chi connectivity index (χ4v) is 2.86. The van der Waals surface area contributed by atoms with Crippen LogP contribution in [0.5, 0.6) is 23.0 Å². The van der Waals surface area contributed by atoms with E-state index in [0.29, 0.717) is 23.0 Å². The van der Waals surface area contributed by atoms with Crippen molar-refractivity contribution in [3.8, 4) is 45.4 Å². The molecule has 0 N–H and O–H groups in total. The van der Waals surface area contributed by atoms with Gasteiger partial charge in [0.15, 0.2) is 30.0 Å². The number of aromatic nitrogens is 1. The maximum Gasteiger partial charge on any atom is 0.673 e. The topological polar surface area (TPSA) is 53.9 Å². The van der Waals surface area contributed by atoms with Crippen LogP contribution in [0.2, 0.25) is 0 Å². The van der Waals surface area contributed by atoms with Gasteiger partial charge in [0.2, 0.25) is 12.0 Å². The van der Waals surface area contributed by atoms with Gasteiger partial charge in [-0.3, -0.25) is 0 Å². The van der Waals surface area contributed by atoms with Crippen molar-refractivity contribution in [2.24, 2.45) is 7.05 Å². The van der Waals surface area contributed by atoms with Crippen molar-refractivity contribution in [1.82, 2.24) is 0 Å². The molecule has 0 atom stereocenters. The molecule has 0 spiro atoms. The van der Waals surface area contributed by atoms with Crippen molar-refractivity contribution in [3.63, 3.8) is 0 Å². The van der Waals surface area contributed by atoms with Crippen molar-refractivity contribution in [1.29, 1.82) is 0 Å². The molecule has 1 heterocycles. The largest absolute Gasteiger partial charge is 0.673 e. The van der Waals surface area contributed by atoms with E-state index in [1.165, 1.54) is 0 Å². The van der Waals surface area contributed by atoms with Gasteiger partial charge in [-0.05, 0) is 40.6 Å². The summed E-state index contributed by atoms with van der Waals surface area (Å²) in [5.41, 5.74) is 2.77. The van der Waals surface area contributed by atoms with Gasteiger partial charge in [0.05, 0.1) is 28.4 Å². The Hall–Kier alpha value is -3.37. The average Bonchev–Trinajstić information content (AvgIpc) is 3.13. The molecule has 0 amide bonds. The zero-order valence-corrected chi connectivity index (χ0v) is 17.6. The van der Waals surface area contributed by atoms with Crippen LogP contribution in [0.15, 0.2) is 47.1 Å². The summed E-state index contributed by atoms with van der Waals surface area (Å²) in [6.45, 7) is 0. The lowest BCUT2D eigenvalue weighted by Gasteiger charge is -2.10. The molecule has 0 fully saturated rings. The predicted octanol–water partition coefficient (Wildman–Crippen LogP) is 4.77.